The van der Waals surface area contributed by atoms with E-state index in [0.29, 0.717) is 17.2 Å². The molecule has 3 fully saturated rings. The van der Waals surface area contributed by atoms with Crippen LogP contribution in [0.15, 0.2) is 75.4 Å². The number of methoxy groups -OCH3 is 3. The monoisotopic (exact) mass is 1230 g/mol. The van der Waals surface area contributed by atoms with Crippen molar-refractivity contribution >= 4 is 59.1 Å². The Kier molecular flexibility index (Phi) is 22.3. The zero-order valence-electron chi connectivity index (χ0n) is 48.6. The van der Waals surface area contributed by atoms with Gasteiger partial charge >= 0.3 is 29.8 Å². The number of ether oxygens (including phenoxy) is 6. The summed E-state index contributed by atoms with van der Waals surface area (Å²) in [7, 11) is 4.07. The summed E-state index contributed by atoms with van der Waals surface area (Å²) in [6.07, 6.45) is -16.2. The predicted molar refractivity (Wildman–Crippen MR) is 304 cm³/mol. The van der Waals surface area contributed by atoms with Crippen molar-refractivity contribution < 1.29 is 87.5 Å². The molecule has 0 bridgehead atoms. The smallest absolute Gasteiger partial charge is 0.332 e. The fourth-order valence-corrected chi connectivity index (χ4v) is 10.3. The van der Waals surface area contributed by atoms with Crippen LogP contribution in [0.3, 0.4) is 0 Å². The van der Waals surface area contributed by atoms with E-state index in [9.17, 15) is 63.9 Å². The summed E-state index contributed by atoms with van der Waals surface area (Å²) in [6.45, 7) is 5.27. The largest absolute Gasteiger partial charge is 0.497 e. The van der Waals surface area contributed by atoms with Gasteiger partial charge in [0.15, 0.2) is 18.5 Å². The molecule has 0 saturated carbocycles. The number of rotatable bonds is 26. The lowest BCUT2D eigenvalue weighted by molar-refractivity contribution is -0.232. The molecule has 33 nitrogen and oxygen atoms in total. The molecule has 1 aromatic heterocycles. The second-order valence-corrected chi connectivity index (χ2v) is 21.5. The Morgan fingerprint density at radius 2 is 1.47 bits per heavy atom. The third-order valence-electron chi connectivity index (χ3n) is 15.0. The van der Waals surface area contributed by atoms with Gasteiger partial charge in [-0.2, -0.15) is 0 Å². The van der Waals surface area contributed by atoms with E-state index < -0.39 is 163 Å². The zero-order chi connectivity index (χ0) is 63.6. The number of aliphatic carboxylic acids is 1. The highest BCUT2D eigenvalue weighted by atomic mass is 16.7. The lowest BCUT2D eigenvalue weighted by Crippen LogP contribution is -2.66. The van der Waals surface area contributed by atoms with Crippen LogP contribution in [-0.4, -0.2) is 221 Å². The first-order valence-corrected chi connectivity index (χ1v) is 27.8. The van der Waals surface area contributed by atoms with Crippen LogP contribution >= 0.6 is 0 Å². The summed E-state index contributed by atoms with van der Waals surface area (Å²) >= 11 is 0. The average molecular weight is 1230 g/mol. The number of aromatic nitrogens is 2. The van der Waals surface area contributed by atoms with Gasteiger partial charge in [0.1, 0.15) is 78.4 Å². The molecule has 4 aliphatic rings. The molecule has 0 spiro atoms. The van der Waals surface area contributed by atoms with E-state index >= 15 is 4.79 Å². The number of amides is 9. The number of guanidine groups is 1. The highest BCUT2D eigenvalue weighted by Crippen LogP contribution is 2.39. The molecule has 7 rings (SSSR count). The molecule has 9 amide bonds. The summed E-state index contributed by atoms with van der Waals surface area (Å²) in [5, 5.41) is 74.3. The molecule has 5 heterocycles. The average Bonchev–Trinajstić information content (AvgIpc) is 1.90. The highest BCUT2D eigenvalue weighted by molar-refractivity contribution is 6.21. The fraction of sp³-hybridized carbons (Fsp3) is 0.556. The number of H-pyrrole nitrogens is 1. The number of aromatic amines is 1. The first-order chi connectivity index (χ1) is 41.4. The first kappa shape index (κ1) is 66.1. The Hall–Kier alpha value is -8.44. The van der Waals surface area contributed by atoms with Crippen molar-refractivity contribution in [3.63, 3.8) is 0 Å². The molecular weight excluding hydrogens is 1150 g/mol. The van der Waals surface area contributed by atoms with Gasteiger partial charge in [-0.3, -0.25) is 33.7 Å². The number of carboxylic acids is 1. The number of benzene rings is 2. The number of carboxylic acid groups (broad SMARTS) is 1. The van der Waals surface area contributed by atoms with Crippen LogP contribution in [0.2, 0.25) is 0 Å². The van der Waals surface area contributed by atoms with E-state index in [4.69, 9.17) is 34.2 Å². The van der Waals surface area contributed by atoms with Crippen LogP contribution in [0.4, 0.5) is 25.8 Å². The van der Waals surface area contributed by atoms with Crippen LogP contribution in [0.1, 0.15) is 46.8 Å². The van der Waals surface area contributed by atoms with E-state index in [1.807, 2.05) is 4.98 Å². The SMILES string of the molecule is COc1ccc(NC(=O)NC[C@H]2O[C@@H](OC(C3C(=O)N(c4ccc(OC)cc4)C(=O)N3CCCNC(=O)[C@@H](NC(=O)[C@@H](NC(=O)N[C@H](C(=O)O)C(C)C)[C@@H]3CCN=C(N)N3)[C@@H](O)C(C)C)[C@H]3O[C@@H](n4ccc(=O)[nH]c4=O)[C@H](O)[C@@H]3O)[C@H](OC)[C@@H]2O)cc1. The van der Waals surface area contributed by atoms with Crippen LogP contribution in [0.25, 0.3) is 0 Å². The number of nitrogens with zero attached hydrogens (tertiary/aromatic N) is 4. The van der Waals surface area contributed by atoms with E-state index in [1.54, 1.807) is 52.0 Å². The maximum absolute atomic E-state index is 15.2. The molecular formula is C54H75N13O20. The molecule has 3 saturated heterocycles. The quantitative estimate of drug-likeness (QED) is 0.0278. The number of nitrogens with one attached hydrogen (secondary N) is 8. The molecule has 2 aromatic carbocycles. The number of carbonyl (C=O) groups excluding carboxylic acids is 6. The maximum atomic E-state index is 15.2. The van der Waals surface area contributed by atoms with Gasteiger partial charge in [0.25, 0.3) is 11.5 Å². The molecule has 87 heavy (non-hydrogen) atoms. The van der Waals surface area contributed by atoms with Gasteiger partial charge in [-0.1, -0.05) is 27.7 Å². The summed E-state index contributed by atoms with van der Waals surface area (Å²) in [4.78, 5) is 130. The second kappa shape index (κ2) is 29.3. The Bertz CT molecular complexity index is 3080. The molecule has 3 aromatic rings. The van der Waals surface area contributed by atoms with E-state index in [2.05, 4.69) is 42.2 Å². The molecule has 4 aliphatic heterocycles. The van der Waals surface area contributed by atoms with Gasteiger partial charge < -0.3 is 102 Å². The minimum atomic E-state index is -2.05. The highest BCUT2D eigenvalue weighted by Gasteiger charge is 2.59. The van der Waals surface area contributed by atoms with Crippen LogP contribution < -0.4 is 68.6 Å². The van der Waals surface area contributed by atoms with Crippen molar-refractivity contribution in [2.75, 3.05) is 57.7 Å². The van der Waals surface area contributed by atoms with E-state index in [-0.39, 0.29) is 44.1 Å². The Morgan fingerprint density at radius 3 is 2.07 bits per heavy atom. The Labute approximate surface area is 497 Å². The molecule has 0 aliphatic carbocycles. The van der Waals surface area contributed by atoms with Crippen molar-refractivity contribution in [2.24, 2.45) is 22.6 Å². The molecule has 0 radical (unpaired) electrons. The van der Waals surface area contributed by atoms with Gasteiger partial charge in [0, 0.05) is 51.2 Å². The molecule has 2 unspecified atom stereocenters. The van der Waals surface area contributed by atoms with Crippen molar-refractivity contribution in [3.05, 3.63) is 81.6 Å². The van der Waals surface area contributed by atoms with Crippen molar-refractivity contribution in [2.45, 2.75) is 132 Å². The fourth-order valence-electron chi connectivity index (χ4n) is 10.3. The maximum Gasteiger partial charge on any atom is 0.332 e. The number of hydrogen-bond acceptors (Lipinski definition) is 22. The molecule has 15 atom stereocenters. The number of aliphatic hydroxyl groups is 4. The number of anilines is 2. The van der Waals surface area contributed by atoms with Crippen molar-refractivity contribution in [1.82, 2.24) is 46.4 Å². The third-order valence-corrected chi connectivity index (χ3v) is 15.0. The number of urea groups is 3. The van der Waals surface area contributed by atoms with Gasteiger partial charge in [0.2, 0.25) is 11.8 Å². The first-order valence-electron chi connectivity index (χ1n) is 27.8. The molecule has 476 valence electrons. The van der Waals surface area contributed by atoms with Crippen molar-refractivity contribution in [3.8, 4) is 11.5 Å². The minimum absolute atomic E-state index is 0.0175. The van der Waals surface area contributed by atoms with Crippen LogP contribution in [-0.2, 0) is 38.1 Å². The standard InChI is InChI=1S/C54H75N13O20/c1-24(2)33(48(76)77)63-52(79)64-34(30-17-20-57-50(55)60-30)45(74)62-35(37(69)25(3)4)44(73)56-19-8-21-65-36(46(75)67(54(65)81)27-11-15-29(83-6)16-12-27)41(42-39(71)40(72)47(86-42)66-22-18-32(68)61-53(66)80)87-49-43(84-7)38(70)31(85-49)23-58-51(78)59-26-9-13-28(82-5)14-10-26/h9-16,18,22,24-25,30-31,33-43,47,49,69-72H,8,17,19-21,23H2,1-7H3,(H,56,73)(H,62,74)(H,76,77)(H3,55,57,60)(H2,58,59,78)(H,61,68,80)(H2,63,64,79)/t30-,31+,33-,34-,35-,36?,37-,38+,39-,40+,41?,42-,43+,47+,49-/m0/s1. The third kappa shape index (κ3) is 15.6. The summed E-state index contributed by atoms with van der Waals surface area (Å²) in [5.41, 5.74) is 4.47. The minimum Gasteiger partial charge on any atom is -0.497 e. The normalized spacial score (nSPS) is 25.4. The number of aliphatic imine (C=N–C) groups is 1. The number of imide groups is 1. The Morgan fingerprint density at radius 1 is 0.805 bits per heavy atom. The number of carbonyl (C=O) groups is 7. The van der Waals surface area contributed by atoms with E-state index in [1.165, 1.54) is 45.6 Å². The van der Waals surface area contributed by atoms with Gasteiger partial charge in [-0.25, -0.2) is 28.9 Å². The van der Waals surface area contributed by atoms with Crippen molar-refractivity contribution in [1.29, 1.82) is 0 Å². The molecule has 33 heteroatoms. The number of aliphatic hydroxyl groups excluding tert-OH is 4. The van der Waals surface area contributed by atoms with E-state index in [0.717, 1.165) is 26.6 Å². The van der Waals surface area contributed by atoms with Gasteiger partial charge in [-0.05, 0) is 73.2 Å². The van der Waals surface area contributed by atoms with Gasteiger partial charge in [0.05, 0.1) is 32.1 Å². The van der Waals surface area contributed by atoms with Crippen LogP contribution in [0, 0.1) is 11.8 Å². The lowest BCUT2D eigenvalue weighted by atomic mass is 9.97. The second-order valence-electron chi connectivity index (χ2n) is 21.5. The summed E-state index contributed by atoms with van der Waals surface area (Å²) < 4.78 is 35.8. The number of hydrogen-bond donors (Lipinski definition) is 14. The Balaban J connectivity index is 1.17. The summed E-state index contributed by atoms with van der Waals surface area (Å²) in [5.74, 6) is -4.68. The number of nitrogens with two attached hydrogens (primary N) is 1. The van der Waals surface area contributed by atoms with Crippen LogP contribution in [0.5, 0.6) is 11.5 Å². The predicted octanol–water partition coefficient (Wildman–Crippen LogP) is -3.22. The topological polar surface area (TPSA) is 460 Å². The van der Waals surface area contributed by atoms with Gasteiger partial charge in [-0.15, -0.1) is 0 Å². The molecule has 15 N–H and O–H groups in total. The lowest BCUT2D eigenvalue weighted by Gasteiger charge is -2.36. The summed E-state index contributed by atoms with van der Waals surface area (Å²) in [6, 6.07) is 2.98. The zero-order valence-corrected chi connectivity index (χ0v) is 48.6.